The second-order valence-corrected chi connectivity index (χ2v) is 5.26. The summed E-state index contributed by atoms with van der Waals surface area (Å²) < 4.78 is 58.0. The van der Waals surface area contributed by atoms with Crippen LogP contribution < -0.4 is 0 Å². The van der Waals surface area contributed by atoms with Crippen LogP contribution in [-0.2, 0) is 0 Å². The Balaban J connectivity index is 1.81. The summed E-state index contributed by atoms with van der Waals surface area (Å²) >= 11 is 0. The highest BCUT2D eigenvalue weighted by Crippen LogP contribution is 2.42. The lowest BCUT2D eigenvalue weighted by molar-refractivity contribution is 0.651. The van der Waals surface area contributed by atoms with Crippen LogP contribution in [-0.4, -0.2) is 4.98 Å². The van der Waals surface area contributed by atoms with Crippen LogP contribution in [0.4, 0.5) is 0 Å². The van der Waals surface area contributed by atoms with Crippen LogP contribution in [0.5, 0.6) is 0 Å². The van der Waals surface area contributed by atoms with Crippen molar-refractivity contribution in [3.8, 4) is 11.3 Å². The Morgan fingerprint density at radius 3 is 2.59 bits per heavy atom. The lowest BCUT2D eigenvalue weighted by Crippen LogP contribution is -1.88. The Hall–Kier alpha value is -2.81. The summed E-state index contributed by atoms with van der Waals surface area (Å²) in [5.74, 6) is 0. The van der Waals surface area contributed by atoms with Gasteiger partial charge in [0.05, 0.1) is 16.5 Å². The Morgan fingerprint density at radius 2 is 1.73 bits per heavy atom. The maximum absolute atomic E-state index is 7.76. The van der Waals surface area contributed by atoms with Crippen LogP contribution in [0.15, 0.2) is 51.4 Å². The fourth-order valence-corrected chi connectivity index (χ4v) is 2.95. The third-order valence-electron chi connectivity index (χ3n) is 3.97. The number of rotatable bonds is 1. The summed E-state index contributed by atoms with van der Waals surface area (Å²) in [5.41, 5.74) is 2.96. The fraction of sp³-hybridized carbons (Fsp3) is 0.105. The second kappa shape index (κ2) is 3.89. The topological polar surface area (TPSA) is 39.2 Å². The van der Waals surface area contributed by atoms with Crippen molar-refractivity contribution in [2.75, 3.05) is 0 Å². The quantitative estimate of drug-likeness (QED) is 0.412. The normalized spacial score (nSPS) is 17.3. The molecule has 0 amide bonds. The van der Waals surface area contributed by atoms with Gasteiger partial charge in [-0.2, -0.15) is 0 Å². The molecule has 3 heterocycles. The smallest absolute Gasteiger partial charge is 0.148 e. The Morgan fingerprint density at radius 1 is 0.909 bits per heavy atom. The van der Waals surface area contributed by atoms with E-state index in [1.807, 2.05) is 18.2 Å². The van der Waals surface area contributed by atoms with E-state index in [4.69, 9.17) is 17.1 Å². The first kappa shape index (κ1) is 7.45. The standard InChI is InChI=1S/C19H13NO2/c1-10-8-13(20-9-11(10)2)12-6-7-16-18-17-14(21-16)4-3-5-15(17)22-19(12)18/h3-9H,1-2H3/i1D3,2D3. The summed E-state index contributed by atoms with van der Waals surface area (Å²) in [7, 11) is 0. The molecule has 3 nitrogen and oxygen atoms in total. The molecule has 0 N–H and O–H groups in total. The first-order valence-electron chi connectivity index (χ1n) is 9.82. The van der Waals surface area contributed by atoms with Crippen molar-refractivity contribution in [1.82, 2.24) is 4.98 Å². The van der Waals surface area contributed by atoms with Gasteiger partial charge in [0.15, 0.2) is 0 Å². The summed E-state index contributed by atoms with van der Waals surface area (Å²) in [6.07, 6.45) is 1.12. The van der Waals surface area contributed by atoms with Gasteiger partial charge in [0.2, 0.25) is 0 Å². The van der Waals surface area contributed by atoms with Gasteiger partial charge in [0.25, 0.3) is 0 Å². The van der Waals surface area contributed by atoms with Crippen LogP contribution >= 0.6 is 0 Å². The van der Waals surface area contributed by atoms with Gasteiger partial charge in [-0.15, -0.1) is 0 Å². The van der Waals surface area contributed by atoms with E-state index >= 15 is 0 Å². The Labute approximate surface area is 134 Å². The minimum absolute atomic E-state index is 0.238. The maximum atomic E-state index is 7.76. The van der Waals surface area contributed by atoms with Crippen molar-refractivity contribution in [2.24, 2.45) is 0 Å². The van der Waals surface area contributed by atoms with E-state index in [1.165, 1.54) is 6.07 Å². The monoisotopic (exact) mass is 293 g/mol. The van der Waals surface area contributed by atoms with Crippen molar-refractivity contribution in [2.45, 2.75) is 13.7 Å². The fourth-order valence-electron chi connectivity index (χ4n) is 2.95. The zero-order valence-electron chi connectivity index (χ0n) is 17.3. The molecule has 0 saturated carbocycles. The predicted octanol–water partition coefficient (Wildman–Crippen LogP) is 5.45. The minimum Gasteiger partial charge on any atom is -0.456 e. The zero-order chi connectivity index (χ0) is 19.8. The van der Waals surface area contributed by atoms with Crippen molar-refractivity contribution in [1.29, 1.82) is 0 Å². The summed E-state index contributed by atoms with van der Waals surface area (Å²) in [4.78, 5) is 4.25. The van der Waals surface area contributed by atoms with E-state index in [1.54, 1.807) is 12.1 Å². The molecule has 3 heteroatoms. The Bertz CT molecular complexity index is 1340. The molecule has 0 aliphatic carbocycles. The van der Waals surface area contributed by atoms with Gasteiger partial charge in [-0.1, -0.05) is 6.07 Å². The summed E-state index contributed by atoms with van der Waals surface area (Å²) in [6.45, 7) is -5.15. The van der Waals surface area contributed by atoms with E-state index in [9.17, 15) is 0 Å². The minimum atomic E-state index is -2.58. The number of benzene rings is 2. The number of nitrogens with zero attached hydrogens (tertiary/aromatic N) is 1. The van der Waals surface area contributed by atoms with Crippen LogP contribution in [0.3, 0.4) is 0 Å². The van der Waals surface area contributed by atoms with E-state index in [2.05, 4.69) is 4.98 Å². The molecule has 0 aliphatic heterocycles. The third kappa shape index (κ3) is 1.38. The molecule has 5 rings (SSSR count). The van der Waals surface area contributed by atoms with Gasteiger partial charge in [-0.3, -0.25) is 4.98 Å². The molecular weight excluding hydrogens is 274 g/mol. The zero-order valence-corrected chi connectivity index (χ0v) is 11.3. The molecule has 0 spiro atoms. The molecule has 0 fully saturated rings. The number of hydrogen-bond donors (Lipinski definition) is 0. The van der Waals surface area contributed by atoms with E-state index in [-0.39, 0.29) is 11.1 Å². The molecule has 106 valence electrons. The van der Waals surface area contributed by atoms with Gasteiger partial charge in [-0.05, 0) is 55.2 Å². The lowest BCUT2D eigenvalue weighted by atomic mass is 10.0. The first-order valence-corrected chi connectivity index (χ1v) is 6.82. The molecule has 0 saturated heterocycles. The molecule has 3 aromatic heterocycles. The highest BCUT2D eigenvalue weighted by molar-refractivity contribution is 6.22. The molecule has 0 aliphatic rings. The summed E-state index contributed by atoms with van der Waals surface area (Å²) in [5, 5.41) is 1.67. The van der Waals surface area contributed by atoms with Crippen LogP contribution in [0, 0.1) is 13.7 Å². The van der Waals surface area contributed by atoms with Crippen molar-refractivity contribution in [3.63, 3.8) is 0 Å². The number of furan rings is 2. The lowest BCUT2D eigenvalue weighted by Gasteiger charge is -2.05. The molecular formula is C19H13NO2. The van der Waals surface area contributed by atoms with Crippen molar-refractivity contribution >= 4 is 33.1 Å². The molecule has 2 aromatic carbocycles. The molecule has 0 atom stereocenters. The van der Waals surface area contributed by atoms with Gasteiger partial charge in [0, 0.05) is 20.0 Å². The van der Waals surface area contributed by atoms with Crippen LogP contribution in [0.2, 0.25) is 0 Å². The number of aromatic nitrogens is 1. The van der Waals surface area contributed by atoms with E-state index in [0.717, 1.165) is 17.0 Å². The molecule has 0 radical (unpaired) electrons. The molecule has 22 heavy (non-hydrogen) atoms. The Kier molecular flexibility index (Phi) is 1.32. The largest absolute Gasteiger partial charge is 0.456 e. The first-order chi connectivity index (χ1) is 13.1. The van der Waals surface area contributed by atoms with Gasteiger partial charge >= 0.3 is 0 Å². The van der Waals surface area contributed by atoms with Crippen LogP contribution in [0.25, 0.3) is 44.4 Å². The van der Waals surface area contributed by atoms with E-state index < -0.39 is 13.7 Å². The summed E-state index contributed by atoms with van der Waals surface area (Å²) in [6, 6.07) is 10.4. The molecule has 0 bridgehead atoms. The van der Waals surface area contributed by atoms with Crippen molar-refractivity contribution < 1.29 is 17.1 Å². The van der Waals surface area contributed by atoms with E-state index in [0.29, 0.717) is 33.6 Å². The van der Waals surface area contributed by atoms with Crippen molar-refractivity contribution in [3.05, 3.63) is 53.7 Å². The van der Waals surface area contributed by atoms with Gasteiger partial charge in [0.1, 0.15) is 22.3 Å². The molecule has 0 unspecified atom stereocenters. The number of pyridine rings is 1. The molecule has 5 aromatic rings. The SMILES string of the molecule is [2H]C([2H])([2H])c1cnc(-c2ccc3oc4cccc5oc2c3c45)cc1C([2H])([2H])[2H]. The average molecular weight is 293 g/mol. The van der Waals surface area contributed by atoms with Crippen LogP contribution in [0.1, 0.15) is 19.4 Å². The maximum Gasteiger partial charge on any atom is 0.148 e. The third-order valence-corrected chi connectivity index (χ3v) is 3.97. The van der Waals surface area contributed by atoms with Gasteiger partial charge in [-0.25, -0.2) is 0 Å². The number of aryl methyl sites for hydroxylation is 2. The van der Waals surface area contributed by atoms with Gasteiger partial charge < -0.3 is 8.83 Å². The predicted molar refractivity (Wildman–Crippen MR) is 87.4 cm³/mol. The highest BCUT2D eigenvalue weighted by Gasteiger charge is 2.20. The highest BCUT2D eigenvalue weighted by atomic mass is 16.4. The average Bonchev–Trinajstić information content (AvgIpc) is 3.19. The number of hydrogen-bond acceptors (Lipinski definition) is 3. The second-order valence-electron chi connectivity index (χ2n) is 5.26.